The van der Waals surface area contributed by atoms with Gasteiger partial charge in [-0.3, -0.25) is 9.59 Å². The largest absolute Gasteiger partial charge is 0.369 e. The monoisotopic (exact) mass is 238 g/mol. The molecule has 1 aliphatic heterocycles. The molecule has 1 atom stereocenters. The highest BCUT2D eigenvalue weighted by Gasteiger charge is 2.27. The third-order valence-electron chi connectivity index (χ3n) is 3.29. The highest BCUT2D eigenvalue weighted by atomic mass is 16.2. The minimum Gasteiger partial charge on any atom is -0.369 e. The average Bonchev–Trinajstić information content (AvgIpc) is 2.27. The zero-order chi connectivity index (χ0) is 13.0. The van der Waals surface area contributed by atoms with E-state index in [4.69, 9.17) is 5.73 Å². The fraction of sp³-hybridized carbons (Fsp3) is 0.692. The number of hydrogen-bond donors (Lipinski definition) is 1. The molecule has 0 spiro atoms. The van der Waals surface area contributed by atoms with Gasteiger partial charge in [-0.1, -0.05) is 12.5 Å². The molecule has 1 aliphatic rings. The number of likely N-dealkylation sites (tertiary alicyclic amines) is 1. The number of rotatable bonds is 4. The molecule has 1 heterocycles. The van der Waals surface area contributed by atoms with Crippen LogP contribution < -0.4 is 5.73 Å². The second kappa shape index (κ2) is 5.84. The Labute approximate surface area is 103 Å². The van der Waals surface area contributed by atoms with E-state index < -0.39 is 0 Å². The van der Waals surface area contributed by atoms with E-state index in [1.807, 2.05) is 18.7 Å². The molecular formula is C13H22N2O2. The van der Waals surface area contributed by atoms with Crippen molar-refractivity contribution < 1.29 is 9.59 Å². The van der Waals surface area contributed by atoms with Crippen molar-refractivity contribution in [2.24, 2.45) is 17.6 Å². The third-order valence-corrected chi connectivity index (χ3v) is 3.29. The van der Waals surface area contributed by atoms with Crippen LogP contribution in [0.5, 0.6) is 0 Å². The first-order valence-corrected chi connectivity index (χ1v) is 6.14. The average molecular weight is 238 g/mol. The summed E-state index contributed by atoms with van der Waals surface area (Å²) in [6, 6.07) is 0. The topological polar surface area (TPSA) is 63.4 Å². The van der Waals surface area contributed by atoms with Crippen LogP contribution in [0.2, 0.25) is 0 Å². The Morgan fingerprint density at radius 3 is 2.35 bits per heavy atom. The molecule has 96 valence electrons. The van der Waals surface area contributed by atoms with E-state index in [9.17, 15) is 9.59 Å². The normalized spacial score (nSPS) is 18.8. The maximum absolute atomic E-state index is 12.1. The molecule has 4 nitrogen and oxygen atoms in total. The molecule has 0 aromatic carbocycles. The van der Waals surface area contributed by atoms with Crippen molar-refractivity contribution in [2.75, 3.05) is 13.1 Å². The zero-order valence-electron chi connectivity index (χ0n) is 10.7. The number of amides is 2. The molecular weight excluding hydrogens is 216 g/mol. The number of allylic oxidation sites excluding steroid dienone is 1. The first kappa shape index (κ1) is 13.7. The molecule has 17 heavy (non-hydrogen) atoms. The second-order valence-corrected chi connectivity index (χ2v) is 5.06. The van der Waals surface area contributed by atoms with Gasteiger partial charge in [0.2, 0.25) is 11.8 Å². The van der Waals surface area contributed by atoms with Gasteiger partial charge in [-0.25, -0.2) is 0 Å². The number of hydrogen-bond acceptors (Lipinski definition) is 2. The number of carbonyl (C=O) groups is 2. The molecule has 4 heteroatoms. The van der Waals surface area contributed by atoms with Crippen molar-refractivity contribution in [1.29, 1.82) is 0 Å². The van der Waals surface area contributed by atoms with Gasteiger partial charge in [-0.05, 0) is 26.2 Å². The molecule has 0 bridgehead atoms. The summed E-state index contributed by atoms with van der Waals surface area (Å²) < 4.78 is 0. The van der Waals surface area contributed by atoms with Gasteiger partial charge in [-0.2, -0.15) is 0 Å². The van der Waals surface area contributed by atoms with Gasteiger partial charge in [-0.15, -0.1) is 6.58 Å². The van der Waals surface area contributed by atoms with Crippen molar-refractivity contribution in [3.63, 3.8) is 0 Å². The standard InChI is InChI=1S/C13H22N2O2/c1-9(2)8-10(3)13(17)15-6-4-11(5-7-15)12(14)16/h10-11H,1,4-8H2,2-3H3,(H2,14,16). The van der Waals surface area contributed by atoms with Gasteiger partial charge in [0, 0.05) is 24.9 Å². The predicted octanol–water partition coefficient (Wildman–Crippen LogP) is 1.31. The van der Waals surface area contributed by atoms with E-state index in [0.717, 1.165) is 12.0 Å². The summed E-state index contributed by atoms with van der Waals surface area (Å²) in [4.78, 5) is 24.9. The van der Waals surface area contributed by atoms with Gasteiger partial charge in [0.1, 0.15) is 0 Å². The van der Waals surface area contributed by atoms with Gasteiger partial charge in [0.25, 0.3) is 0 Å². The third kappa shape index (κ3) is 3.88. The lowest BCUT2D eigenvalue weighted by Crippen LogP contribution is -2.43. The highest BCUT2D eigenvalue weighted by molar-refractivity contribution is 5.80. The van der Waals surface area contributed by atoms with Crippen LogP contribution >= 0.6 is 0 Å². The zero-order valence-corrected chi connectivity index (χ0v) is 10.7. The summed E-state index contributed by atoms with van der Waals surface area (Å²) in [6.07, 6.45) is 2.12. The summed E-state index contributed by atoms with van der Waals surface area (Å²) in [5.74, 6) is -0.156. The smallest absolute Gasteiger partial charge is 0.225 e. The van der Waals surface area contributed by atoms with Crippen LogP contribution in [0, 0.1) is 11.8 Å². The summed E-state index contributed by atoms with van der Waals surface area (Å²) in [7, 11) is 0. The molecule has 0 aromatic rings. The van der Waals surface area contributed by atoms with Gasteiger partial charge < -0.3 is 10.6 Å². The summed E-state index contributed by atoms with van der Waals surface area (Å²) in [5, 5.41) is 0. The number of piperidine rings is 1. The van der Waals surface area contributed by atoms with Gasteiger partial charge >= 0.3 is 0 Å². The predicted molar refractivity (Wildman–Crippen MR) is 67.1 cm³/mol. The van der Waals surface area contributed by atoms with E-state index in [1.165, 1.54) is 0 Å². The van der Waals surface area contributed by atoms with E-state index in [2.05, 4.69) is 6.58 Å². The van der Waals surface area contributed by atoms with Gasteiger partial charge in [0.05, 0.1) is 0 Å². The first-order chi connectivity index (χ1) is 7.91. The van der Waals surface area contributed by atoms with Crippen LogP contribution in [0.3, 0.4) is 0 Å². The molecule has 1 rings (SSSR count). The minimum atomic E-state index is -0.243. The Hall–Kier alpha value is -1.32. The quantitative estimate of drug-likeness (QED) is 0.751. The Bertz CT molecular complexity index is 317. The molecule has 1 saturated heterocycles. The highest BCUT2D eigenvalue weighted by Crippen LogP contribution is 2.20. The van der Waals surface area contributed by atoms with E-state index >= 15 is 0 Å². The summed E-state index contributed by atoms with van der Waals surface area (Å²) >= 11 is 0. The maximum Gasteiger partial charge on any atom is 0.225 e. The van der Waals surface area contributed by atoms with Crippen molar-refractivity contribution in [1.82, 2.24) is 4.90 Å². The minimum absolute atomic E-state index is 0.0161. The lowest BCUT2D eigenvalue weighted by atomic mass is 9.94. The van der Waals surface area contributed by atoms with Crippen LogP contribution in [0.15, 0.2) is 12.2 Å². The van der Waals surface area contributed by atoms with Crippen LogP contribution in [-0.4, -0.2) is 29.8 Å². The first-order valence-electron chi connectivity index (χ1n) is 6.14. The van der Waals surface area contributed by atoms with Crippen molar-refractivity contribution >= 4 is 11.8 Å². The van der Waals surface area contributed by atoms with Crippen molar-refractivity contribution in [2.45, 2.75) is 33.1 Å². The fourth-order valence-electron chi connectivity index (χ4n) is 2.31. The number of nitrogens with two attached hydrogens (primary N) is 1. The molecule has 1 fully saturated rings. The number of carbonyl (C=O) groups excluding carboxylic acids is 2. The molecule has 2 amide bonds. The fourth-order valence-corrected chi connectivity index (χ4v) is 2.31. The summed E-state index contributed by atoms with van der Waals surface area (Å²) in [6.45, 7) is 8.98. The number of primary amides is 1. The summed E-state index contributed by atoms with van der Waals surface area (Å²) in [5.41, 5.74) is 6.29. The molecule has 0 radical (unpaired) electrons. The van der Waals surface area contributed by atoms with Crippen LogP contribution in [0.25, 0.3) is 0 Å². The lowest BCUT2D eigenvalue weighted by Gasteiger charge is -2.32. The van der Waals surface area contributed by atoms with E-state index in [-0.39, 0.29) is 23.7 Å². The Balaban J connectivity index is 2.45. The lowest BCUT2D eigenvalue weighted by molar-refractivity contribution is -0.138. The van der Waals surface area contributed by atoms with E-state index in [0.29, 0.717) is 25.9 Å². The number of nitrogens with zero attached hydrogens (tertiary/aromatic N) is 1. The van der Waals surface area contributed by atoms with Gasteiger partial charge in [0.15, 0.2) is 0 Å². The Morgan fingerprint density at radius 2 is 1.94 bits per heavy atom. The Kier molecular flexibility index (Phi) is 4.73. The molecule has 0 aliphatic carbocycles. The van der Waals surface area contributed by atoms with E-state index in [1.54, 1.807) is 0 Å². The Morgan fingerprint density at radius 1 is 1.41 bits per heavy atom. The van der Waals surface area contributed by atoms with Crippen molar-refractivity contribution in [3.8, 4) is 0 Å². The maximum atomic E-state index is 12.1. The van der Waals surface area contributed by atoms with Crippen LogP contribution in [-0.2, 0) is 9.59 Å². The molecule has 0 aromatic heterocycles. The van der Waals surface area contributed by atoms with Crippen LogP contribution in [0.4, 0.5) is 0 Å². The van der Waals surface area contributed by atoms with Crippen molar-refractivity contribution in [3.05, 3.63) is 12.2 Å². The second-order valence-electron chi connectivity index (χ2n) is 5.06. The SMILES string of the molecule is C=C(C)CC(C)C(=O)N1CCC(C(N)=O)CC1. The molecule has 0 saturated carbocycles. The molecule has 1 unspecified atom stereocenters. The molecule has 2 N–H and O–H groups in total. The van der Waals surface area contributed by atoms with Crippen LogP contribution in [0.1, 0.15) is 33.1 Å².